The topological polar surface area (TPSA) is 206 Å². The molecule has 0 saturated carbocycles. The standard InChI is InChI=1S/C32H26F2N8O6/c1-14-17-5-7-21(19(17)4-3-18(14)28-40-31(47)48-41-28)39-30(46)23-9-22(37-13-38-23)29(45)36-10-15-2-6-20-16(8-15)11-42(12-32(20,33)34)25-24(35)26(43)27(25)44/h2-4,6,8-9,13,21H,5,7,10-12,35H2,1H3,(H,36,45)(H,39,46)(H,40,41,47)/t21-/m0/s1. The number of aromatic amines is 1. The minimum atomic E-state index is -3.30. The molecule has 0 saturated heterocycles. The first-order valence-electron chi connectivity index (χ1n) is 14.8. The van der Waals surface area contributed by atoms with Gasteiger partial charge in [0.05, 0.1) is 12.6 Å². The molecule has 16 heteroatoms. The maximum absolute atomic E-state index is 15.0. The molecule has 5 N–H and O–H groups in total. The Kier molecular flexibility index (Phi) is 7.22. The van der Waals surface area contributed by atoms with E-state index >= 15 is 0 Å². The molecule has 1 aliphatic heterocycles. The van der Waals surface area contributed by atoms with Gasteiger partial charge in [0.15, 0.2) is 5.82 Å². The van der Waals surface area contributed by atoms with Crippen LogP contribution < -0.4 is 37.9 Å². The van der Waals surface area contributed by atoms with E-state index in [1.807, 2.05) is 13.0 Å². The van der Waals surface area contributed by atoms with E-state index in [9.17, 15) is 32.8 Å². The number of halogens is 2. The van der Waals surface area contributed by atoms with E-state index in [0.717, 1.165) is 33.5 Å². The number of benzene rings is 2. The van der Waals surface area contributed by atoms with Crippen LogP contribution >= 0.6 is 0 Å². The summed E-state index contributed by atoms with van der Waals surface area (Å²) in [6.07, 6.45) is 2.41. The number of carbonyl (C=O) groups is 2. The summed E-state index contributed by atoms with van der Waals surface area (Å²) in [5.74, 6) is -4.76. The highest BCUT2D eigenvalue weighted by molar-refractivity contribution is 5.97. The summed E-state index contributed by atoms with van der Waals surface area (Å²) in [5.41, 5.74) is 7.25. The van der Waals surface area contributed by atoms with Crippen molar-refractivity contribution >= 4 is 23.2 Å². The molecule has 2 amide bonds. The van der Waals surface area contributed by atoms with Gasteiger partial charge in [-0.1, -0.05) is 35.5 Å². The molecule has 1 atom stereocenters. The first-order valence-corrected chi connectivity index (χ1v) is 14.8. The van der Waals surface area contributed by atoms with Gasteiger partial charge in [0.2, 0.25) is 0 Å². The van der Waals surface area contributed by atoms with Crippen molar-refractivity contribution in [3.63, 3.8) is 0 Å². The van der Waals surface area contributed by atoms with E-state index in [4.69, 9.17) is 5.73 Å². The largest absolute Gasteiger partial charge is 0.439 e. The van der Waals surface area contributed by atoms with Gasteiger partial charge in [0.1, 0.15) is 29.1 Å². The number of hydrogen-bond acceptors (Lipinski definition) is 11. The molecule has 2 aromatic heterocycles. The van der Waals surface area contributed by atoms with Crippen LogP contribution in [0.5, 0.6) is 0 Å². The minimum Gasteiger partial charge on any atom is -0.394 e. The van der Waals surface area contributed by atoms with Gasteiger partial charge < -0.3 is 21.3 Å². The van der Waals surface area contributed by atoms with Gasteiger partial charge in [-0.25, -0.2) is 14.8 Å². The highest BCUT2D eigenvalue weighted by atomic mass is 19.3. The first kappa shape index (κ1) is 30.6. The quantitative estimate of drug-likeness (QED) is 0.186. The van der Waals surface area contributed by atoms with Crippen molar-refractivity contribution in [1.82, 2.24) is 30.7 Å². The maximum Gasteiger partial charge on any atom is 0.439 e. The molecule has 0 radical (unpaired) electrons. The van der Waals surface area contributed by atoms with E-state index in [0.29, 0.717) is 24.2 Å². The molecule has 0 bridgehead atoms. The van der Waals surface area contributed by atoms with Crippen molar-refractivity contribution < 1.29 is 22.9 Å². The third-order valence-corrected chi connectivity index (χ3v) is 8.83. The van der Waals surface area contributed by atoms with Crippen LogP contribution in [0.3, 0.4) is 0 Å². The van der Waals surface area contributed by atoms with Crippen LogP contribution in [-0.4, -0.2) is 38.5 Å². The van der Waals surface area contributed by atoms with Crippen LogP contribution in [-0.2, 0) is 25.4 Å². The zero-order valence-electron chi connectivity index (χ0n) is 25.2. The molecule has 3 heterocycles. The molecule has 0 spiro atoms. The van der Waals surface area contributed by atoms with Gasteiger partial charge in [-0.2, -0.15) is 8.78 Å². The highest BCUT2D eigenvalue weighted by Crippen LogP contribution is 2.39. The smallest absolute Gasteiger partial charge is 0.394 e. The summed E-state index contributed by atoms with van der Waals surface area (Å²) in [7, 11) is 0. The normalized spacial score (nSPS) is 16.4. The van der Waals surface area contributed by atoms with Crippen LogP contribution in [0.1, 0.15) is 66.8 Å². The Morgan fingerprint density at radius 2 is 1.85 bits per heavy atom. The lowest BCUT2D eigenvalue weighted by Gasteiger charge is -2.36. The van der Waals surface area contributed by atoms with Crippen molar-refractivity contribution in [2.75, 3.05) is 17.2 Å². The summed E-state index contributed by atoms with van der Waals surface area (Å²) in [5, 5.41) is 9.39. The molecular weight excluding hydrogens is 630 g/mol. The van der Waals surface area contributed by atoms with E-state index in [1.165, 1.54) is 24.3 Å². The molecule has 0 fully saturated rings. The Hall–Kier alpha value is -6.06. The summed E-state index contributed by atoms with van der Waals surface area (Å²) in [4.78, 5) is 72.8. The van der Waals surface area contributed by atoms with Crippen molar-refractivity contribution in [3.05, 3.63) is 118 Å². The van der Waals surface area contributed by atoms with Gasteiger partial charge in [-0.05, 0) is 47.6 Å². The van der Waals surface area contributed by atoms with E-state index < -0.39 is 40.9 Å². The summed E-state index contributed by atoms with van der Waals surface area (Å²) >= 11 is 0. The second kappa shape index (κ2) is 11.3. The highest BCUT2D eigenvalue weighted by Gasteiger charge is 2.42. The predicted octanol–water partition coefficient (Wildman–Crippen LogP) is 1.77. The summed E-state index contributed by atoms with van der Waals surface area (Å²) in [6, 6.07) is 8.83. The molecule has 7 rings (SSSR count). The number of H-pyrrole nitrogens is 1. The number of nitrogens with two attached hydrogens (primary N) is 1. The molecule has 244 valence electrons. The zero-order chi connectivity index (χ0) is 33.9. The maximum atomic E-state index is 15.0. The zero-order valence-corrected chi connectivity index (χ0v) is 25.2. The Morgan fingerprint density at radius 3 is 2.58 bits per heavy atom. The number of aromatic nitrogens is 4. The fraction of sp³-hybridized carbons (Fsp3) is 0.250. The third kappa shape index (κ3) is 5.20. The van der Waals surface area contributed by atoms with Gasteiger partial charge in [0.25, 0.3) is 28.6 Å². The third-order valence-electron chi connectivity index (χ3n) is 8.83. The first-order chi connectivity index (χ1) is 22.9. The van der Waals surface area contributed by atoms with Crippen LogP contribution in [0.2, 0.25) is 0 Å². The number of rotatable bonds is 7. The number of hydrogen-bond donors (Lipinski definition) is 4. The molecule has 48 heavy (non-hydrogen) atoms. The molecular formula is C32H26F2N8O6. The van der Waals surface area contributed by atoms with Crippen molar-refractivity contribution in [3.8, 4) is 11.4 Å². The summed E-state index contributed by atoms with van der Waals surface area (Å²) in [6.45, 7) is 0.994. The van der Waals surface area contributed by atoms with Crippen molar-refractivity contribution in [2.45, 2.75) is 44.8 Å². The lowest BCUT2D eigenvalue weighted by molar-refractivity contribution is -0.00253. The second-order valence-electron chi connectivity index (χ2n) is 11.8. The molecule has 5 aromatic rings. The Morgan fingerprint density at radius 1 is 1.08 bits per heavy atom. The second-order valence-corrected chi connectivity index (χ2v) is 11.8. The van der Waals surface area contributed by atoms with Crippen molar-refractivity contribution in [2.24, 2.45) is 0 Å². The van der Waals surface area contributed by atoms with E-state index in [1.54, 1.807) is 6.07 Å². The van der Waals surface area contributed by atoms with Gasteiger partial charge in [-0.3, -0.25) is 28.7 Å². The van der Waals surface area contributed by atoms with Crippen LogP contribution in [0.4, 0.5) is 20.2 Å². The number of nitrogen functional groups attached to an aromatic ring is 1. The van der Waals surface area contributed by atoms with Gasteiger partial charge in [-0.15, -0.1) is 0 Å². The fourth-order valence-corrected chi connectivity index (χ4v) is 6.44. The Bertz CT molecular complexity index is 2270. The number of amides is 2. The molecule has 1 aliphatic carbocycles. The van der Waals surface area contributed by atoms with E-state index in [2.05, 4.69) is 35.3 Å². The average Bonchev–Trinajstić information content (AvgIpc) is 3.69. The number of nitrogens with zero attached hydrogens (tertiary/aromatic N) is 4. The average molecular weight is 657 g/mol. The van der Waals surface area contributed by atoms with E-state index in [-0.39, 0.29) is 53.0 Å². The molecule has 0 unspecified atom stereocenters. The monoisotopic (exact) mass is 656 g/mol. The van der Waals surface area contributed by atoms with Crippen LogP contribution in [0.25, 0.3) is 11.4 Å². The SMILES string of the molecule is Cc1c(-c2noc(=O)[nH]2)ccc2c1CC[C@@H]2NC(=O)c1cc(C(=O)NCc2ccc3c(c2)CN(c2c(N)c(=O)c2=O)CC3(F)F)ncn1. The molecule has 14 nitrogen and oxygen atoms in total. The number of alkyl halides is 2. The lowest BCUT2D eigenvalue weighted by Crippen LogP contribution is -2.48. The number of nitrogens with one attached hydrogen (secondary N) is 3. The molecule has 2 aliphatic rings. The Labute approximate surface area is 268 Å². The molecule has 3 aromatic carbocycles. The predicted molar refractivity (Wildman–Crippen MR) is 166 cm³/mol. The Balaban J connectivity index is 1.02. The van der Waals surface area contributed by atoms with Crippen molar-refractivity contribution in [1.29, 1.82) is 0 Å². The summed E-state index contributed by atoms with van der Waals surface area (Å²) < 4.78 is 34.5. The van der Waals surface area contributed by atoms with Gasteiger partial charge >= 0.3 is 5.76 Å². The van der Waals surface area contributed by atoms with Gasteiger partial charge in [0, 0.05) is 30.3 Å². The minimum absolute atomic E-state index is 0.0224. The fourth-order valence-electron chi connectivity index (χ4n) is 6.44. The number of anilines is 2. The number of carbonyl (C=O) groups excluding carboxylic acids is 2. The van der Waals surface area contributed by atoms with Crippen LogP contribution in [0, 0.1) is 6.92 Å². The van der Waals surface area contributed by atoms with Crippen LogP contribution in [0.15, 0.2) is 61.6 Å². The lowest BCUT2D eigenvalue weighted by atomic mass is 9.93. The number of fused-ring (bicyclic) bond motifs is 2.